The van der Waals surface area contributed by atoms with Crippen LogP contribution in [0.1, 0.15) is 26.2 Å². The Morgan fingerprint density at radius 3 is 2.58 bits per heavy atom. The molecular formula is C8H17NO2S. The standard InChI is InChI=1S/C8H17NO2S/c1-3-4-8-5-6-9(7-8)12(2,10)11/h8H,3-7H2,1-2H3/t8-/m1/s1. The first-order valence-corrected chi connectivity index (χ1v) is 6.34. The number of sulfonamides is 1. The second-order valence-corrected chi connectivity index (χ2v) is 5.55. The molecule has 0 N–H and O–H groups in total. The Morgan fingerprint density at radius 1 is 1.50 bits per heavy atom. The van der Waals surface area contributed by atoms with Crippen molar-refractivity contribution in [3.05, 3.63) is 0 Å². The number of hydrogen-bond acceptors (Lipinski definition) is 2. The van der Waals surface area contributed by atoms with E-state index in [9.17, 15) is 8.42 Å². The predicted molar refractivity (Wildman–Crippen MR) is 49.4 cm³/mol. The minimum Gasteiger partial charge on any atom is -0.213 e. The highest BCUT2D eigenvalue weighted by Crippen LogP contribution is 2.22. The zero-order valence-electron chi connectivity index (χ0n) is 7.78. The second-order valence-electron chi connectivity index (χ2n) is 3.56. The summed E-state index contributed by atoms with van der Waals surface area (Å²) < 4.78 is 23.8. The van der Waals surface area contributed by atoms with Gasteiger partial charge in [0.05, 0.1) is 6.26 Å². The molecule has 0 aromatic heterocycles. The third-order valence-corrected chi connectivity index (χ3v) is 3.68. The molecule has 0 radical (unpaired) electrons. The third kappa shape index (κ3) is 2.45. The summed E-state index contributed by atoms with van der Waals surface area (Å²) in [6.45, 7) is 3.61. The van der Waals surface area contributed by atoms with Crippen molar-refractivity contribution in [2.24, 2.45) is 5.92 Å². The molecule has 1 fully saturated rings. The van der Waals surface area contributed by atoms with Crippen LogP contribution < -0.4 is 0 Å². The van der Waals surface area contributed by atoms with Gasteiger partial charge >= 0.3 is 0 Å². The molecule has 0 spiro atoms. The van der Waals surface area contributed by atoms with E-state index in [4.69, 9.17) is 0 Å². The molecule has 12 heavy (non-hydrogen) atoms. The molecule has 4 heteroatoms. The summed E-state index contributed by atoms with van der Waals surface area (Å²) in [4.78, 5) is 0. The summed E-state index contributed by atoms with van der Waals surface area (Å²) in [5.74, 6) is 0.602. The predicted octanol–water partition coefficient (Wildman–Crippen LogP) is 1.07. The van der Waals surface area contributed by atoms with Crippen molar-refractivity contribution in [1.82, 2.24) is 4.31 Å². The molecule has 0 aromatic carbocycles. The molecule has 1 saturated heterocycles. The average Bonchev–Trinajstić information content (AvgIpc) is 2.35. The third-order valence-electron chi connectivity index (χ3n) is 2.41. The van der Waals surface area contributed by atoms with E-state index < -0.39 is 10.0 Å². The van der Waals surface area contributed by atoms with Crippen LogP contribution in [0.4, 0.5) is 0 Å². The highest BCUT2D eigenvalue weighted by Gasteiger charge is 2.27. The average molecular weight is 191 g/mol. The van der Waals surface area contributed by atoms with E-state index in [0.717, 1.165) is 32.4 Å². The molecule has 1 aliphatic rings. The molecule has 0 aliphatic carbocycles. The van der Waals surface area contributed by atoms with Crippen LogP contribution in [0.3, 0.4) is 0 Å². The Bertz CT molecular complexity index is 235. The van der Waals surface area contributed by atoms with Crippen LogP contribution in [-0.2, 0) is 10.0 Å². The monoisotopic (exact) mass is 191 g/mol. The molecular weight excluding hydrogens is 174 g/mol. The summed E-state index contributed by atoms with van der Waals surface area (Å²) in [7, 11) is -2.92. The van der Waals surface area contributed by atoms with Gasteiger partial charge in [0.25, 0.3) is 0 Å². The normalized spacial score (nSPS) is 26.3. The maximum absolute atomic E-state index is 11.1. The number of rotatable bonds is 3. The lowest BCUT2D eigenvalue weighted by atomic mass is 10.0. The molecule has 1 atom stereocenters. The van der Waals surface area contributed by atoms with Crippen LogP contribution in [0.25, 0.3) is 0 Å². The van der Waals surface area contributed by atoms with Gasteiger partial charge in [-0.2, -0.15) is 0 Å². The van der Waals surface area contributed by atoms with Crippen molar-refractivity contribution >= 4 is 10.0 Å². The fourth-order valence-electron chi connectivity index (χ4n) is 1.74. The maximum atomic E-state index is 11.1. The van der Waals surface area contributed by atoms with E-state index in [1.165, 1.54) is 6.26 Å². The van der Waals surface area contributed by atoms with Crippen molar-refractivity contribution in [1.29, 1.82) is 0 Å². The van der Waals surface area contributed by atoms with Gasteiger partial charge in [0.2, 0.25) is 10.0 Å². The van der Waals surface area contributed by atoms with Gasteiger partial charge in [-0.15, -0.1) is 0 Å². The lowest BCUT2D eigenvalue weighted by Crippen LogP contribution is -2.27. The molecule has 0 unspecified atom stereocenters. The van der Waals surface area contributed by atoms with Crippen LogP contribution in [0.2, 0.25) is 0 Å². The van der Waals surface area contributed by atoms with E-state index in [-0.39, 0.29) is 0 Å². The van der Waals surface area contributed by atoms with Crippen molar-refractivity contribution in [2.75, 3.05) is 19.3 Å². The van der Waals surface area contributed by atoms with Gasteiger partial charge < -0.3 is 0 Å². The van der Waals surface area contributed by atoms with Gasteiger partial charge in [-0.25, -0.2) is 12.7 Å². The quantitative estimate of drug-likeness (QED) is 0.669. The van der Waals surface area contributed by atoms with E-state index in [1.54, 1.807) is 4.31 Å². The molecule has 0 aromatic rings. The minimum absolute atomic E-state index is 0.602. The summed E-state index contributed by atoms with van der Waals surface area (Å²) >= 11 is 0. The fourth-order valence-corrected chi connectivity index (χ4v) is 2.66. The minimum atomic E-state index is -2.92. The second kappa shape index (κ2) is 3.75. The first-order chi connectivity index (χ1) is 5.54. The van der Waals surface area contributed by atoms with Crippen LogP contribution >= 0.6 is 0 Å². The Balaban J connectivity index is 2.46. The van der Waals surface area contributed by atoms with Gasteiger partial charge in [-0.3, -0.25) is 0 Å². The molecule has 1 rings (SSSR count). The van der Waals surface area contributed by atoms with Gasteiger partial charge in [-0.1, -0.05) is 13.3 Å². The molecule has 3 nitrogen and oxygen atoms in total. The zero-order chi connectivity index (χ0) is 9.19. The number of hydrogen-bond donors (Lipinski definition) is 0. The summed E-state index contributed by atoms with van der Waals surface area (Å²) in [6.07, 6.45) is 4.65. The van der Waals surface area contributed by atoms with Crippen LogP contribution in [0.15, 0.2) is 0 Å². The van der Waals surface area contributed by atoms with Crippen LogP contribution in [0.5, 0.6) is 0 Å². The van der Waals surface area contributed by atoms with Crippen LogP contribution in [-0.4, -0.2) is 32.1 Å². The molecule has 0 saturated carbocycles. The lowest BCUT2D eigenvalue weighted by Gasteiger charge is -2.12. The molecule has 0 bridgehead atoms. The van der Waals surface area contributed by atoms with E-state index in [2.05, 4.69) is 6.92 Å². The zero-order valence-corrected chi connectivity index (χ0v) is 8.60. The topological polar surface area (TPSA) is 37.4 Å². The molecule has 72 valence electrons. The van der Waals surface area contributed by atoms with E-state index in [0.29, 0.717) is 5.92 Å². The summed E-state index contributed by atoms with van der Waals surface area (Å²) in [5.41, 5.74) is 0. The van der Waals surface area contributed by atoms with Crippen molar-refractivity contribution < 1.29 is 8.42 Å². The Kier molecular flexibility index (Phi) is 3.12. The Hall–Kier alpha value is -0.0900. The molecule has 1 aliphatic heterocycles. The van der Waals surface area contributed by atoms with Crippen molar-refractivity contribution in [3.63, 3.8) is 0 Å². The van der Waals surface area contributed by atoms with E-state index >= 15 is 0 Å². The first-order valence-electron chi connectivity index (χ1n) is 4.49. The van der Waals surface area contributed by atoms with Crippen molar-refractivity contribution in [3.8, 4) is 0 Å². The fraction of sp³-hybridized carbons (Fsp3) is 1.00. The molecule has 1 heterocycles. The van der Waals surface area contributed by atoms with E-state index in [1.807, 2.05) is 0 Å². The highest BCUT2D eigenvalue weighted by molar-refractivity contribution is 7.88. The Morgan fingerprint density at radius 2 is 2.17 bits per heavy atom. The summed E-state index contributed by atoms with van der Waals surface area (Å²) in [5, 5.41) is 0. The number of nitrogens with zero attached hydrogens (tertiary/aromatic N) is 1. The van der Waals surface area contributed by atoms with Gasteiger partial charge in [0.15, 0.2) is 0 Å². The largest absolute Gasteiger partial charge is 0.213 e. The van der Waals surface area contributed by atoms with Gasteiger partial charge in [0, 0.05) is 13.1 Å². The summed E-state index contributed by atoms with van der Waals surface area (Å²) in [6, 6.07) is 0. The van der Waals surface area contributed by atoms with Gasteiger partial charge in [0.1, 0.15) is 0 Å². The maximum Gasteiger partial charge on any atom is 0.211 e. The smallest absolute Gasteiger partial charge is 0.211 e. The van der Waals surface area contributed by atoms with Gasteiger partial charge in [-0.05, 0) is 18.8 Å². The lowest BCUT2D eigenvalue weighted by molar-refractivity contribution is 0.448. The first kappa shape index (κ1) is 9.99. The Labute approximate surface area is 74.8 Å². The van der Waals surface area contributed by atoms with Crippen molar-refractivity contribution in [2.45, 2.75) is 26.2 Å². The molecule has 0 amide bonds. The van der Waals surface area contributed by atoms with Crippen LogP contribution in [0, 0.1) is 5.92 Å². The SMILES string of the molecule is CCC[C@@H]1CCN(S(C)(=O)=O)C1. The highest BCUT2D eigenvalue weighted by atomic mass is 32.2.